The molecule has 2 nitrogen and oxygen atoms in total. The van der Waals surface area contributed by atoms with Gasteiger partial charge in [0, 0.05) is 5.39 Å². The van der Waals surface area contributed by atoms with Crippen molar-refractivity contribution in [2.24, 2.45) is 0 Å². The van der Waals surface area contributed by atoms with E-state index in [9.17, 15) is 0 Å². The van der Waals surface area contributed by atoms with Gasteiger partial charge in [-0.1, -0.05) is 0 Å². The summed E-state index contributed by atoms with van der Waals surface area (Å²) in [7, 11) is 1.63. The smallest absolute Gasteiger partial charge is 0.150 e. The van der Waals surface area contributed by atoms with Gasteiger partial charge in [-0.25, -0.2) is 0 Å². The Morgan fingerprint density at radius 2 is 2.36 bits per heavy atom. The number of hydrogen-bond acceptors (Lipinski definition) is 3. The Labute approximate surface area is 93.9 Å². The van der Waals surface area contributed by atoms with Gasteiger partial charge in [0.1, 0.15) is 0 Å². The summed E-state index contributed by atoms with van der Waals surface area (Å²) in [6.45, 7) is 0. The standard InChI is InChI=1S/C10H6BrNOS/c1-13-9-8(11)4-6(5-12)7-2-3-14-10(7)9/h2-4H,1H3. The van der Waals surface area contributed by atoms with E-state index in [0.29, 0.717) is 5.56 Å². The molecule has 14 heavy (non-hydrogen) atoms. The van der Waals surface area contributed by atoms with E-state index in [0.717, 1.165) is 20.3 Å². The molecule has 2 aromatic rings. The van der Waals surface area contributed by atoms with Gasteiger partial charge in [0.05, 0.1) is 27.9 Å². The SMILES string of the molecule is COc1c(Br)cc(C#N)c2ccsc12. The predicted octanol–water partition coefficient (Wildman–Crippen LogP) is 3.54. The molecular weight excluding hydrogens is 262 g/mol. The second-order valence-corrected chi connectivity index (χ2v) is 4.48. The monoisotopic (exact) mass is 267 g/mol. The third kappa shape index (κ3) is 1.29. The van der Waals surface area contributed by atoms with Crippen LogP contribution >= 0.6 is 27.3 Å². The minimum atomic E-state index is 0.675. The Balaban J connectivity index is 2.90. The van der Waals surface area contributed by atoms with Gasteiger partial charge in [-0.2, -0.15) is 5.26 Å². The Hall–Kier alpha value is -1.05. The van der Waals surface area contributed by atoms with E-state index < -0.39 is 0 Å². The number of halogens is 1. The number of benzene rings is 1. The molecule has 0 fully saturated rings. The van der Waals surface area contributed by atoms with Gasteiger partial charge < -0.3 is 4.74 Å². The van der Waals surface area contributed by atoms with E-state index >= 15 is 0 Å². The van der Waals surface area contributed by atoms with Crippen molar-refractivity contribution in [3.8, 4) is 11.8 Å². The zero-order chi connectivity index (χ0) is 10.1. The normalized spacial score (nSPS) is 10.1. The lowest BCUT2D eigenvalue weighted by Crippen LogP contribution is -1.86. The molecule has 0 spiro atoms. The maximum atomic E-state index is 8.94. The molecule has 1 heterocycles. The van der Waals surface area contributed by atoms with E-state index in [1.807, 2.05) is 11.4 Å². The molecule has 0 aliphatic rings. The number of ether oxygens (including phenoxy) is 1. The maximum absolute atomic E-state index is 8.94. The molecule has 1 aromatic heterocycles. The molecule has 0 N–H and O–H groups in total. The van der Waals surface area contributed by atoms with Crippen LogP contribution in [0.15, 0.2) is 22.0 Å². The average molecular weight is 268 g/mol. The summed E-state index contributed by atoms with van der Waals surface area (Å²) in [4.78, 5) is 0. The fourth-order valence-corrected chi connectivity index (χ4v) is 3.02. The topological polar surface area (TPSA) is 33.0 Å². The van der Waals surface area contributed by atoms with Crippen LogP contribution in [0, 0.1) is 11.3 Å². The molecule has 0 radical (unpaired) electrons. The number of fused-ring (bicyclic) bond motifs is 1. The lowest BCUT2D eigenvalue weighted by molar-refractivity contribution is 0.418. The van der Waals surface area contributed by atoms with Gasteiger partial charge in [0.25, 0.3) is 0 Å². The summed E-state index contributed by atoms with van der Waals surface area (Å²) < 4.78 is 7.11. The molecule has 70 valence electrons. The lowest BCUT2D eigenvalue weighted by atomic mass is 10.1. The highest BCUT2D eigenvalue weighted by molar-refractivity contribution is 9.10. The zero-order valence-electron chi connectivity index (χ0n) is 7.37. The number of nitrogens with zero attached hydrogens (tertiary/aromatic N) is 1. The summed E-state index contributed by atoms with van der Waals surface area (Å²) in [6, 6.07) is 5.89. The van der Waals surface area contributed by atoms with E-state index in [1.165, 1.54) is 0 Å². The summed E-state index contributed by atoms with van der Waals surface area (Å²) in [5.41, 5.74) is 0.675. The van der Waals surface area contributed by atoms with Gasteiger partial charge >= 0.3 is 0 Å². The average Bonchev–Trinajstić information content (AvgIpc) is 2.65. The molecule has 0 unspecified atom stereocenters. The molecule has 0 bridgehead atoms. The Morgan fingerprint density at radius 1 is 1.57 bits per heavy atom. The predicted molar refractivity (Wildman–Crippen MR) is 60.8 cm³/mol. The van der Waals surface area contributed by atoms with Gasteiger partial charge in [-0.05, 0) is 33.4 Å². The molecular formula is C10H6BrNOS. The molecule has 0 saturated carbocycles. The summed E-state index contributed by atoms with van der Waals surface area (Å²) in [5, 5.41) is 11.8. The maximum Gasteiger partial charge on any atom is 0.150 e. The fraction of sp³-hybridized carbons (Fsp3) is 0.100. The second-order valence-electron chi connectivity index (χ2n) is 2.71. The van der Waals surface area contributed by atoms with Crippen LogP contribution in [-0.2, 0) is 0 Å². The molecule has 2 rings (SSSR count). The molecule has 0 amide bonds. The summed E-state index contributed by atoms with van der Waals surface area (Å²) >= 11 is 4.96. The lowest BCUT2D eigenvalue weighted by Gasteiger charge is -2.05. The highest BCUT2D eigenvalue weighted by atomic mass is 79.9. The minimum Gasteiger partial charge on any atom is -0.494 e. The van der Waals surface area contributed by atoms with Crippen LogP contribution in [0.5, 0.6) is 5.75 Å². The summed E-state index contributed by atoms with van der Waals surface area (Å²) in [6.07, 6.45) is 0. The minimum absolute atomic E-state index is 0.675. The molecule has 1 aromatic carbocycles. The summed E-state index contributed by atoms with van der Waals surface area (Å²) in [5.74, 6) is 0.800. The Bertz CT molecular complexity index is 527. The Morgan fingerprint density at radius 3 is 3.00 bits per heavy atom. The van der Waals surface area contributed by atoms with Crippen LogP contribution in [0.2, 0.25) is 0 Å². The van der Waals surface area contributed by atoms with E-state index in [-0.39, 0.29) is 0 Å². The first-order chi connectivity index (χ1) is 6.77. The third-order valence-corrected chi connectivity index (χ3v) is 3.48. The number of rotatable bonds is 1. The highest BCUT2D eigenvalue weighted by Crippen LogP contribution is 2.38. The highest BCUT2D eigenvalue weighted by Gasteiger charge is 2.11. The first kappa shape index (κ1) is 9.50. The van der Waals surface area contributed by atoms with Crippen molar-refractivity contribution in [1.82, 2.24) is 0 Å². The fourth-order valence-electron chi connectivity index (χ4n) is 1.36. The number of thiophene rings is 1. The largest absolute Gasteiger partial charge is 0.494 e. The van der Waals surface area contributed by atoms with Crippen LogP contribution in [0.25, 0.3) is 10.1 Å². The third-order valence-electron chi connectivity index (χ3n) is 1.97. The second kappa shape index (κ2) is 3.60. The molecule has 0 atom stereocenters. The van der Waals surface area contributed by atoms with Crippen molar-refractivity contribution in [3.63, 3.8) is 0 Å². The van der Waals surface area contributed by atoms with Crippen molar-refractivity contribution < 1.29 is 4.74 Å². The van der Waals surface area contributed by atoms with Gasteiger partial charge in [-0.3, -0.25) is 0 Å². The molecule has 0 aliphatic heterocycles. The zero-order valence-corrected chi connectivity index (χ0v) is 9.78. The van der Waals surface area contributed by atoms with Gasteiger partial charge in [0.15, 0.2) is 5.75 Å². The van der Waals surface area contributed by atoms with Gasteiger partial charge in [0.2, 0.25) is 0 Å². The van der Waals surface area contributed by atoms with Crippen LogP contribution in [0.1, 0.15) is 5.56 Å². The molecule has 0 saturated heterocycles. The first-order valence-corrected chi connectivity index (χ1v) is 5.59. The van der Waals surface area contributed by atoms with Crippen LogP contribution < -0.4 is 4.74 Å². The van der Waals surface area contributed by atoms with Crippen molar-refractivity contribution in [2.75, 3.05) is 7.11 Å². The number of hydrogen-bond donors (Lipinski definition) is 0. The van der Waals surface area contributed by atoms with Crippen LogP contribution in [0.3, 0.4) is 0 Å². The van der Waals surface area contributed by atoms with Crippen molar-refractivity contribution in [2.45, 2.75) is 0 Å². The number of nitriles is 1. The van der Waals surface area contributed by atoms with E-state index in [2.05, 4.69) is 22.0 Å². The van der Waals surface area contributed by atoms with E-state index in [1.54, 1.807) is 24.5 Å². The van der Waals surface area contributed by atoms with Crippen LogP contribution in [0.4, 0.5) is 0 Å². The van der Waals surface area contributed by atoms with Gasteiger partial charge in [-0.15, -0.1) is 11.3 Å². The Kier molecular flexibility index (Phi) is 2.44. The van der Waals surface area contributed by atoms with Crippen LogP contribution in [-0.4, -0.2) is 7.11 Å². The van der Waals surface area contributed by atoms with Crippen molar-refractivity contribution in [3.05, 3.63) is 27.5 Å². The molecule has 0 aliphatic carbocycles. The van der Waals surface area contributed by atoms with Crippen molar-refractivity contribution >= 4 is 37.4 Å². The number of methoxy groups -OCH3 is 1. The van der Waals surface area contributed by atoms with Crippen molar-refractivity contribution in [1.29, 1.82) is 5.26 Å². The van der Waals surface area contributed by atoms with E-state index in [4.69, 9.17) is 10.00 Å². The quantitative estimate of drug-likeness (QED) is 0.792. The first-order valence-electron chi connectivity index (χ1n) is 3.91. The molecule has 4 heteroatoms.